The molecule has 1 aromatic heterocycles. The van der Waals surface area contributed by atoms with E-state index in [2.05, 4.69) is 16.9 Å². The lowest BCUT2D eigenvalue weighted by Gasteiger charge is -2.06. The van der Waals surface area contributed by atoms with Crippen molar-refractivity contribution in [1.82, 2.24) is 9.97 Å². The van der Waals surface area contributed by atoms with Crippen LogP contribution in [0, 0.1) is 6.92 Å². The Balaban J connectivity index is 2.35. The van der Waals surface area contributed by atoms with Gasteiger partial charge >= 0.3 is 0 Å². The summed E-state index contributed by atoms with van der Waals surface area (Å²) in [5.41, 5.74) is 1.41. The second-order valence-corrected chi connectivity index (χ2v) is 4.11. The van der Waals surface area contributed by atoms with Gasteiger partial charge in [-0.25, -0.2) is 4.98 Å². The Labute approximate surface area is 106 Å². The third-order valence-corrected chi connectivity index (χ3v) is 2.45. The van der Waals surface area contributed by atoms with E-state index in [1.165, 1.54) is 6.07 Å². The number of hydrogen-bond donors (Lipinski definition) is 1. The molecule has 2 aromatic rings. The van der Waals surface area contributed by atoms with Crippen molar-refractivity contribution in [2.45, 2.75) is 20.3 Å². The molecule has 1 aromatic carbocycles. The fourth-order valence-corrected chi connectivity index (χ4v) is 1.67. The van der Waals surface area contributed by atoms with Gasteiger partial charge in [0.25, 0.3) is 5.56 Å². The number of H-pyrrole nitrogens is 1. The van der Waals surface area contributed by atoms with E-state index in [9.17, 15) is 4.79 Å². The van der Waals surface area contributed by atoms with E-state index >= 15 is 0 Å². The number of rotatable bonds is 4. The summed E-state index contributed by atoms with van der Waals surface area (Å²) in [5, 5.41) is 0. The quantitative estimate of drug-likeness (QED) is 0.899. The zero-order valence-electron chi connectivity index (χ0n) is 10.6. The summed E-state index contributed by atoms with van der Waals surface area (Å²) >= 11 is 0. The predicted molar refractivity (Wildman–Crippen MR) is 70.8 cm³/mol. The zero-order valence-corrected chi connectivity index (χ0v) is 10.6. The van der Waals surface area contributed by atoms with Gasteiger partial charge in [0.05, 0.1) is 6.61 Å². The second-order valence-electron chi connectivity index (χ2n) is 4.11. The molecule has 1 heterocycles. The van der Waals surface area contributed by atoms with Gasteiger partial charge in [0, 0.05) is 17.3 Å². The first-order valence-corrected chi connectivity index (χ1v) is 6.00. The standard InChI is InChI=1S/C14H16N2O2/c1-3-7-18-12-6-4-5-11(9-12)14-15-10(2)8-13(17)16-14/h4-6,8-9H,3,7H2,1-2H3,(H,15,16,17). The van der Waals surface area contributed by atoms with Gasteiger partial charge in [0.15, 0.2) is 0 Å². The average Bonchev–Trinajstić information content (AvgIpc) is 2.35. The van der Waals surface area contributed by atoms with Crippen LogP contribution in [0.2, 0.25) is 0 Å². The minimum absolute atomic E-state index is 0.141. The molecule has 0 aliphatic heterocycles. The van der Waals surface area contributed by atoms with Crippen molar-refractivity contribution in [3.8, 4) is 17.1 Å². The van der Waals surface area contributed by atoms with Gasteiger partial charge in [0.1, 0.15) is 11.6 Å². The van der Waals surface area contributed by atoms with Crippen molar-refractivity contribution >= 4 is 0 Å². The molecule has 0 saturated heterocycles. The van der Waals surface area contributed by atoms with Crippen molar-refractivity contribution in [2.75, 3.05) is 6.61 Å². The van der Waals surface area contributed by atoms with Gasteiger partial charge in [0.2, 0.25) is 0 Å². The van der Waals surface area contributed by atoms with E-state index in [0.29, 0.717) is 18.1 Å². The summed E-state index contributed by atoms with van der Waals surface area (Å²) in [6.07, 6.45) is 0.962. The number of aryl methyl sites for hydroxylation is 1. The van der Waals surface area contributed by atoms with E-state index in [1.54, 1.807) is 6.92 Å². The fourth-order valence-electron chi connectivity index (χ4n) is 1.67. The maximum Gasteiger partial charge on any atom is 0.251 e. The molecule has 1 N–H and O–H groups in total. The molecule has 0 bridgehead atoms. The van der Waals surface area contributed by atoms with E-state index < -0.39 is 0 Å². The van der Waals surface area contributed by atoms with Gasteiger partial charge in [-0.15, -0.1) is 0 Å². The molecule has 0 spiro atoms. The molecular formula is C14H16N2O2. The highest BCUT2D eigenvalue weighted by Crippen LogP contribution is 2.20. The SMILES string of the molecule is CCCOc1cccc(-c2nc(C)cc(=O)[nH]2)c1. The van der Waals surface area contributed by atoms with E-state index in [1.807, 2.05) is 24.3 Å². The minimum atomic E-state index is -0.141. The lowest BCUT2D eigenvalue weighted by atomic mass is 10.2. The van der Waals surface area contributed by atoms with Crippen molar-refractivity contribution in [1.29, 1.82) is 0 Å². The molecule has 2 rings (SSSR count). The van der Waals surface area contributed by atoms with Crippen LogP contribution in [0.25, 0.3) is 11.4 Å². The average molecular weight is 244 g/mol. The molecule has 0 radical (unpaired) electrons. The topological polar surface area (TPSA) is 55.0 Å². The molecule has 18 heavy (non-hydrogen) atoms. The lowest BCUT2D eigenvalue weighted by Crippen LogP contribution is -2.08. The molecule has 4 nitrogen and oxygen atoms in total. The Morgan fingerprint density at radius 1 is 1.33 bits per heavy atom. The van der Waals surface area contributed by atoms with Crippen LogP contribution in [-0.4, -0.2) is 16.6 Å². The van der Waals surface area contributed by atoms with Crippen LogP contribution < -0.4 is 10.3 Å². The summed E-state index contributed by atoms with van der Waals surface area (Å²) in [7, 11) is 0. The zero-order chi connectivity index (χ0) is 13.0. The molecule has 0 unspecified atom stereocenters. The molecule has 0 fully saturated rings. The number of ether oxygens (including phenoxy) is 1. The summed E-state index contributed by atoms with van der Waals surface area (Å²) in [5.74, 6) is 1.36. The van der Waals surface area contributed by atoms with E-state index in [4.69, 9.17) is 4.74 Å². The highest BCUT2D eigenvalue weighted by atomic mass is 16.5. The Morgan fingerprint density at radius 3 is 2.89 bits per heavy atom. The monoisotopic (exact) mass is 244 g/mol. The molecule has 0 atom stereocenters. The molecule has 94 valence electrons. The number of nitrogens with zero attached hydrogens (tertiary/aromatic N) is 1. The van der Waals surface area contributed by atoms with Crippen LogP contribution in [0.4, 0.5) is 0 Å². The Hall–Kier alpha value is -2.10. The summed E-state index contributed by atoms with van der Waals surface area (Å²) < 4.78 is 5.56. The number of aromatic amines is 1. The Morgan fingerprint density at radius 2 is 2.17 bits per heavy atom. The highest BCUT2D eigenvalue weighted by Gasteiger charge is 2.03. The number of benzene rings is 1. The Bertz CT molecular complexity index is 590. The normalized spacial score (nSPS) is 10.3. The van der Waals surface area contributed by atoms with Crippen LogP contribution in [0.5, 0.6) is 5.75 Å². The number of hydrogen-bond acceptors (Lipinski definition) is 3. The molecule has 0 aliphatic rings. The highest BCUT2D eigenvalue weighted by molar-refractivity contribution is 5.57. The summed E-state index contributed by atoms with van der Waals surface area (Å²) in [6.45, 7) is 4.54. The van der Waals surface area contributed by atoms with Crippen molar-refractivity contribution in [3.63, 3.8) is 0 Å². The summed E-state index contributed by atoms with van der Waals surface area (Å²) in [4.78, 5) is 18.5. The van der Waals surface area contributed by atoms with Crippen LogP contribution in [0.1, 0.15) is 19.0 Å². The molecule has 0 aliphatic carbocycles. The molecule has 4 heteroatoms. The van der Waals surface area contributed by atoms with Crippen LogP contribution >= 0.6 is 0 Å². The van der Waals surface area contributed by atoms with Gasteiger partial charge in [-0.1, -0.05) is 19.1 Å². The van der Waals surface area contributed by atoms with Gasteiger partial charge < -0.3 is 9.72 Å². The first-order chi connectivity index (χ1) is 8.69. The molecule has 0 saturated carbocycles. The van der Waals surface area contributed by atoms with Crippen LogP contribution in [0.3, 0.4) is 0 Å². The van der Waals surface area contributed by atoms with Crippen molar-refractivity contribution in [3.05, 3.63) is 46.4 Å². The van der Waals surface area contributed by atoms with Gasteiger partial charge in [-0.3, -0.25) is 4.79 Å². The fraction of sp³-hybridized carbons (Fsp3) is 0.286. The number of nitrogens with one attached hydrogen (secondary N) is 1. The smallest absolute Gasteiger partial charge is 0.251 e. The van der Waals surface area contributed by atoms with E-state index in [0.717, 1.165) is 17.7 Å². The summed E-state index contributed by atoms with van der Waals surface area (Å²) in [6, 6.07) is 9.04. The minimum Gasteiger partial charge on any atom is -0.494 e. The van der Waals surface area contributed by atoms with Crippen molar-refractivity contribution in [2.24, 2.45) is 0 Å². The van der Waals surface area contributed by atoms with Crippen LogP contribution in [-0.2, 0) is 0 Å². The third kappa shape index (κ3) is 2.97. The largest absolute Gasteiger partial charge is 0.494 e. The van der Waals surface area contributed by atoms with Crippen LogP contribution in [0.15, 0.2) is 35.1 Å². The third-order valence-electron chi connectivity index (χ3n) is 2.45. The predicted octanol–water partition coefficient (Wildman–Crippen LogP) is 2.53. The molecular weight excluding hydrogens is 228 g/mol. The first-order valence-electron chi connectivity index (χ1n) is 6.00. The Kier molecular flexibility index (Phi) is 3.77. The van der Waals surface area contributed by atoms with Gasteiger partial charge in [-0.2, -0.15) is 0 Å². The maximum absolute atomic E-state index is 11.4. The van der Waals surface area contributed by atoms with Crippen molar-refractivity contribution < 1.29 is 4.74 Å². The van der Waals surface area contributed by atoms with E-state index in [-0.39, 0.29) is 5.56 Å². The molecule has 0 amide bonds. The lowest BCUT2D eigenvalue weighted by molar-refractivity contribution is 0.317. The first kappa shape index (κ1) is 12.4. The number of aromatic nitrogens is 2. The second kappa shape index (κ2) is 5.49. The maximum atomic E-state index is 11.4. The van der Waals surface area contributed by atoms with Gasteiger partial charge in [-0.05, 0) is 25.5 Å².